The summed E-state index contributed by atoms with van der Waals surface area (Å²) in [6.07, 6.45) is 0. The van der Waals surface area contributed by atoms with Crippen LogP contribution in [0.4, 0.5) is 0 Å². The number of benzene rings is 1. The van der Waals surface area contributed by atoms with Crippen LogP contribution in [-0.4, -0.2) is 29.7 Å². The summed E-state index contributed by atoms with van der Waals surface area (Å²) in [5.74, 6) is 0.400. The summed E-state index contributed by atoms with van der Waals surface area (Å²) >= 11 is 0. The van der Waals surface area contributed by atoms with Crippen molar-refractivity contribution in [3.8, 4) is 11.5 Å². The van der Waals surface area contributed by atoms with Crippen LogP contribution in [-0.2, 0) is 0 Å². The van der Waals surface area contributed by atoms with Gasteiger partial charge in [0.05, 0.1) is 0 Å². The quantitative estimate of drug-likeness (QED) is 0.496. The van der Waals surface area contributed by atoms with Crippen LogP contribution in [0.3, 0.4) is 0 Å². The first-order valence-corrected chi connectivity index (χ1v) is 4.41. The fraction of sp³-hybridized carbons (Fsp3) is 0.222. The van der Waals surface area contributed by atoms with Gasteiger partial charge in [0, 0.05) is 11.0 Å². The standard InChI is InChI=1S/C9H9BO5/c1-5(11)6-2-3-7-9(15-4-14-7)8(6)10(12)13/h2-3,12-13H,4H2,1H3. The molecule has 78 valence electrons. The first-order chi connectivity index (χ1) is 7.11. The second-order valence-corrected chi connectivity index (χ2v) is 3.19. The highest BCUT2D eigenvalue weighted by Gasteiger charge is 2.29. The predicted octanol–water partition coefficient (Wildman–Crippen LogP) is -0.702. The molecule has 0 amide bonds. The molecule has 0 saturated heterocycles. The molecule has 2 rings (SSSR count). The van der Waals surface area contributed by atoms with Crippen LogP contribution in [0.5, 0.6) is 11.5 Å². The van der Waals surface area contributed by atoms with Gasteiger partial charge in [-0.3, -0.25) is 4.79 Å². The normalized spacial score (nSPS) is 12.7. The molecule has 0 fully saturated rings. The molecule has 0 unspecified atom stereocenters. The molecule has 1 aromatic rings. The third kappa shape index (κ3) is 1.58. The predicted molar refractivity (Wildman–Crippen MR) is 52.4 cm³/mol. The summed E-state index contributed by atoms with van der Waals surface area (Å²) in [7, 11) is -1.75. The van der Waals surface area contributed by atoms with Crippen molar-refractivity contribution in [2.45, 2.75) is 6.92 Å². The van der Waals surface area contributed by atoms with E-state index in [1.54, 1.807) is 6.07 Å². The molecule has 15 heavy (non-hydrogen) atoms. The van der Waals surface area contributed by atoms with E-state index in [0.717, 1.165) is 0 Å². The molecule has 0 spiro atoms. The van der Waals surface area contributed by atoms with Gasteiger partial charge in [-0.1, -0.05) is 0 Å². The number of fused-ring (bicyclic) bond motifs is 1. The van der Waals surface area contributed by atoms with E-state index >= 15 is 0 Å². The molecule has 0 saturated carbocycles. The van der Waals surface area contributed by atoms with Crippen molar-refractivity contribution in [2.24, 2.45) is 0 Å². The Morgan fingerprint density at radius 2 is 2.13 bits per heavy atom. The highest BCUT2D eigenvalue weighted by molar-refractivity contribution is 6.61. The monoisotopic (exact) mass is 208 g/mol. The molecule has 1 aliphatic heterocycles. The van der Waals surface area contributed by atoms with Crippen LogP contribution in [0, 0.1) is 0 Å². The average molecular weight is 208 g/mol. The van der Waals surface area contributed by atoms with Gasteiger partial charge in [0.2, 0.25) is 6.79 Å². The maximum Gasteiger partial charge on any atom is 0.493 e. The molecule has 6 heteroatoms. The van der Waals surface area contributed by atoms with Gasteiger partial charge in [0.25, 0.3) is 0 Å². The van der Waals surface area contributed by atoms with Crippen molar-refractivity contribution < 1.29 is 24.3 Å². The zero-order chi connectivity index (χ0) is 11.0. The first-order valence-electron chi connectivity index (χ1n) is 4.41. The zero-order valence-corrected chi connectivity index (χ0v) is 8.06. The van der Waals surface area contributed by atoms with Crippen LogP contribution in [0.2, 0.25) is 0 Å². The largest absolute Gasteiger partial charge is 0.493 e. The Hall–Kier alpha value is -1.53. The van der Waals surface area contributed by atoms with Gasteiger partial charge in [-0.05, 0) is 19.1 Å². The molecule has 1 aliphatic rings. The third-order valence-corrected chi connectivity index (χ3v) is 2.22. The fourth-order valence-corrected chi connectivity index (χ4v) is 1.56. The number of carbonyl (C=O) groups excluding carboxylic acids is 1. The summed E-state index contributed by atoms with van der Waals surface area (Å²) in [6.45, 7) is 1.37. The van der Waals surface area contributed by atoms with Crippen molar-refractivity contribution in [3.05, 3.63) is 17.7 Å². The van der Waals surface area contributed by atoms with Crippen LogP contribution < -0.4 is 14.9 Å². The maximum absolute atomic E-state index is 11.3. The molecule has 0 aromatic heterocycles. The van der Waals surface area contributed by atoms with E-state index in [-0.39, 0.29) is 29.4 Å². The van der Waals surface area contributed by atoms with E-state index in [2.05, 4.69) is 0 Å². The van der Waals surface area contributed by atoms with E-state index in [4.69, 9.17) is 9.47 Å². The Morgan fingerprint density at radius 3 is 2.73 bits per heavy atom. The highest BCUT2D eigenvalue weighted by Crippen LogP contribution is 2.31. The summed E-state index contributed by atoms with van der Waals surface area (Å²) in [5, 5.41) is 18.4. The molecule has 2 N–H and O–H groups in total. The van der Waals surface area contributed by atoms with Gasteiger partial charge in [-0.2, -0.15) is 0 Å². The zero-order valence-electron chi connectivity index (χ0n) is 8.06. The van der Waals surface area contributed by atoms with Crippen molar-refractivity contribution in [1.29, 1.82) is 0 Å². The number of ketones is 1. The molecular weight excluding hydrogens is 199 g/mol. The topological polar surface area (TPSA) is 76.0 Å². The van der Waals surface area contributed by atoms with Crippen molar-refractivity contribution >= 4 is 18.4 Å². The maximum atomic E-state index is 11.3. The summed E-state index contributed by atoms with van der Waals surface area (Å²) in [4.78, 5) is 11.3. The summed E-state index contributed by atoms with van der Waals surface area (Å²) in [6, 6.07) is 3.07. The smallest absolute Gasteiger partial charge is 0.454 e. The van der Waals surface area contributed by atoms with Crippen molar-refractivity contribution in [3.63, 3.8) is 0 Å². The van der Waals surface area contributed by atoms with E-state index in [1.165, 1.54) is 13.0 Å². The molecule has 0 aliphatic carbocycles. The first kappa shape index (κ1) is 10.0. The molecule has 5 nitrogen and oxygen atoms in total. The molecule has 0 radical (unpaired) electrons. The number of hydrogen-bond donors (Lipinski definition) is 2. The number of hydrogen-bond acceptors (Lipinski definition) is 5. The SMILES string of the molecule is CC(=O)c1ccc2c(c1B(O)O)OCO2. The average Bonchev–Trinajstić information content (AvgIpc) is 2.62. The number of ether oxygens (including phenoxy) is 2. The second-order valence-electron chi connectivity index (χ2n) is 3.19. The lowest BCUT2D eigenvalue weighted by molar-refractivity contribution is 0.101. The Morgan fingerprint density at radius 1 is 1.40 bits per heavy atom. The van der Waals surface area contributed by atoms with Crippen LogP contribution in [0.15, 0.2) is 12.1 Å². The van der Waals surface area contributed by atoms with E-state index in [0.29, 0.717) is 5.75 Å². The minimum atomic E-state index is -1.75. The Bertz CT molecular complexity index is 415. The van der Waals surface area contributed by atoms with E-state index < -0.39 is 7.12 Å². The summed E-state index contributed by atoms with van der Waals surface area (Å²) in [5.41, 5.74) is 0.298. The lowest BCUT2D eigenvalue weighted by Gasteiger charge is -2.08. The lowest BCUT2D eigenvalue weighted by atomic mass is 9.75. The van der Waals surface area contributed by atoms with E-state index in [1.807, 2.05) is 0 Å². The minimum absolute atomic E-state index is 0.0242. The molecule has 0 bridgehead atoms. The van der Waals surface area contributed by atoms with Gasteiger partial charge in [-0.25, -0.2) is 0 Å². The Labute approximate surface area is 86.4 Å². The van der Waals surface area contributed by atoms with E-state index in [9.17, 15) is 14.8 Å². The minimum Gasteiger partial charge on any atom is -0.454 e. The molecular formula is C9H9BO5. The van der Waals surface area contributed by atoms with Crippen molar-refractivity contribution in [1.82, 2.24) is 0 Å². The fourth-order valence-electron chi connectivity index (χ4n) is 1.56. The highest BCUT2D eigenvalue weighted by atomic mass is 16.7. The molecule has 1 aromatic carbocycles. The van der Waals surface area contributed by atoms with Gasteiger partial charge in [0.1, 0.15) is 0 Å². The van der Waals surface area contributed by atoms with Gasteiger partial charge >= 0.3 is 7.12 Å². The van der Waals surface area contributed by atoms with Crippen molar-refractivity contribution in [2.75, 3.05) is 6.79 Å². The third-order valence-electron chi connectivity index (χ3n) is 2.22. The number of Topliss-reactive ketones (excluding diaryl/α,β-unsaturated/α-hetero) is 1. The van der Waals surface area contributed by atoms with Gasteiger partial charge in [-0.15, -0.1) is 0 Å². The second kappa shape index (κ2) is 3.56. The molecule has 1 heterocycles. The van der Waals surface area contributed by atoms with Crippen LogP contribution >= 0.6 is 0 Å². The van der Waals surface area contributed by atoms with Crippen LogP contribution in [0.25, 0.3) is 0 Å². The van der Waals surface area contributed by atoms with Gasteiger partial charge < -0.3 is 19.5 Å². The Kier molecular flexibility index (Phi) is 2.38. The van der Waals surface area contributed by atoms with Crippen LogP contribution in [0.1, 0.15) is 17.3 Å². The molecule has 0 atom stereocenters. The summed E-state index contributed by atoms with van der Waals surface area (Å²) < 4.78 is 10.2. The Balaban J connectivity index is 2.63. The number of rotatable bonds is 2. The lowest BCUT2D eigenvalue weighted by Crippen LogP contribution is -2.35. The van der Waals surface area contributed by atoms with Gasteiger partial charge in [0.15, 0.2) is 17.3 Å². The number of carbonyl (C=O) groups is 1.